The van der Waals surface area contributed by atoms with Gasteiger partial charge in [-0.3, -0.25) is 9.59 Å². The number of alkyl halides is 3. The molecule has 2 atom stereocenters. The van der Waals surface area contributed by atoms with E-state index in [2.05, 4.69) is 9.89 Å². The number of aryl methyl sites for hydroxylation is 1. The Hall–Kier alpha value is -3.48. The van der Waals surface area contributed by atoms with Crippen molar-refractivity contribution in [1.82, 2.24) is 19.9 Å². The lowest BCUT2D eigenvalue weighted by atomic mass is 9.95. The Labute approximate surface area is 209 Å². The van der Waals surface area contributed by atoms with Crippen LogP contribution in [0.15, 0.2) is 33.6 Å². The summed E-state index contributed by atoms with van der Waals surface area (Å²) < 4.78 is 51.9. The smallest absolute Gasteiger partial charge is 0.406 e. The van der Waals surface area contributed by atoms with Crippen molar-refractivity contribution in [2.45, 2.75) is 37.8 Å². The topological polar surface area (TPSA) is 108 Å². The van der Waals surface area contributed by atoms with E-state index in [0.29, 0.717) is 56.9 Å². The Morgan fingerprint density at radius 3 is 2.51 bits per heavy atom. The lowest BCUT2D eigenvalue weighted by molar-refractivity contribution is -0.274. The molecular formula is C24H27F3N4O6. The second-order valence-electron chi connectivity index (χ2n) is 9.70. The molecule has 1 unspecified atom stereocenters. The van der Waals surface area contributed by atoms with Gasteiger partial charge in [0.2, 0.25) is 5.91 Å². The Morgan fingerprint density at radius 2 is 1.84 bits per heavy atom. The average molecular weight is 524 g/mol. The molecule has 37 heavy (non-hydrogen) atoms. The van der Waals surface area contributed by atoms with Crippen molar-refractivity contribution in [1.29, 1.82) is 0 Å². The fourth-order valence-electron chi connectivity index (χ4n) is 5.51. The number of H-pyrrole nitrogens is 1. The van der Waals surface area contributed by atoms with Gasteiger partial charge in [-0.25, -0.2) is 4.79 Å². The van der Waals surface area contributed by atoms with E-state index >= 15 is 0 Å². The van der Waals surface area contributed by atoms with Crippen molar-refractivity contribution in [3.05, 3.63) is 51.5 Å². The van der Waals surface area contributed by atoms with Crippen molar-refractivity contribution >= 4 is 11.9 Å². The number of hydrogen-bond donors (Lipinski definition) is 1. The Morgan fingerprint density at radius 1 is 1.14 bits per heavy atom. The molecule has 200 valence electrons. The van der Waals surface area contributed by atoms with Gasteiger partial charge in [-0.15, -0.1) is 13.2 Å². The molecule has 2 fully saturated rings. The maximum absolute atomic E-state index is 13.2. The number of aromatic nitrogens is 1. The highest BCUT2D eigenvalue weighted by atomic mass is 19.4. The SMILES string of the molecule is CO[C@]12CN(C(=O)CCc3ccc(OC(F)(F)F)cc3)CC1CN(C(=O)N1CCc3c(o[nH]c3=O)C1)C2. The molecule has 0 saturated carbocycles. The van der Waals surface area contributed by atoms with Crippen molar-refractivity contribution in [2.24, 2.45) is 5.92 Å². The first-order chi connectivity index (χ1) is 17.6. The summed E-state index contributed by atoms with van der Waals surface area (Å²) in [6, 6.07) is 5.32. The highest BCUT2D eigenvalue weighted by molar-refractivity contribution is 5.78. The standard InChI is InChI=1S/C24H27F3N4O6/c1-35-23-13-30(20(32)7-4-15-2-5-17(6-3-15)36-24(25,26)27)10-16(23)11-31(14-23)22(34)29-9-8-18-19(12-29)37-28-21(18)33/h2-3,5-6,16H,4,7-14H2,1H3,(H,28,33)/t16?,23-/m0/s1. The number of fused-ring (bicyclic) bond motifs is 2. The van der Waals surface area contributed by atoms with Gasteiger partial charge in [0, 0.05) is 39.1 Å². The molecule has 3 aliphatic heterocycles. The van der Waals surface area contributed by atoms with Crippen molar-refractivity contribution in [3.63, 3.8) is 0 Å². The molecule has 0 spiro atoms. The van der Waals surface area contributed by atoms with Gasteiger partial charge in [-0.05, 0) is 30.5 Å². The predicted molar refractivity (Wildman–Crippen MR) is 122 cm³/mol. The van der Waals surface area contributed by atoms with Crippen LogP contribution in [0.25, 0.3) is 0 Å². The van der Waals surface area contributed by atoms with Gasteiger partial charge in [-0.1, -0.05) is 12.1 Å². The molecule has 3 amide bonds. The summed E-state index contributed by atoms with van der Waals surface area (Å²) in [5.41, 5.74) is 0.385. The molecule has 0 radical (unpaired) electrons. The third kappa shape index (κ3) is 5.04. The van der Waals surface area contributed by atoms with E-state index in [4.69, 9.17) is 9.26 Å². The maximum Gasteiger partial charge on any atom is 0.573 e. The number of benzene rings is 1. The number of carbonyl (C=O) groups excluding carboxylic acids is 2. The minimum Gasteiger partial charge on any atom is -0.406 e. The summed E-state index contributed by atoms with van der Waals surface area (Å²) in [7, 11) is 1.58. The van der Waals surface area contributed by atoms with E-state index in [1.54, 1.807) is 21.8 Å². The summed E-state index contributed by atoms with van der Waals surface area (Å²) >= 11 is 0. The molecule has 10 nitrogen and oxygen atoms in total. The lowest BCUT2D eigenvalue weighted by Crippen LogP contribution is -2.48. The molecule has 1 N–H and O–H groups in total. The lowest BCUT2D eigenvalue weighted by Gasteiger charge is -2.32. The van der Waals surface area contributed by atoms with Gasteiger partial charge in [0.25, 0.3) is 5.56 Å². The maximum atomic E-state index is 13.2. The number of hydrogen-bond acceptors (Lipinski definition) is 6. The minimum absolute atomic E-state index is 0.0465. The van der Waals surface area contributed by atoms with Crippen molar-refractivity contribution in [3.8, 4) is 5.75 Å². The molecule has 2 saturated heterocycles. The number of nitrogens with one attached hydrogen (secondary N) is 1. The molecule has 5 rings (SSSR count). The number of urea groups is 1. The number of likely N-dealkylation sites (tertiary alicyclic amines) is 2. The molecule has 2 aromatic rings. The van der Waals surface area contributed by atoms with Crippen LogP contribution in [0, 0.1) is 5.92 Å². The number of carbonyl (C=O) groups is 2. The Balaban J connectivity index is 1.15. The van der Waals surface area contributed by atoms with Crippen LogP contribution in [0.5, 0.6) is 5.75 Å². The molecule has 13 heteroatoms. The predicted octanol–water partition coefficient (Wildman–Crippen LogP) is 2.14. The van der Waals surface area contributed by atoms with E-state index in [9.17, 15) is 27.6 Å². The van der Waals surface area contributed by atoms with Gasteiger partial charge in [-0.2, -0.15) is 5.16 Å². The zero-order valence-corrected chi connectivity index (χ0v) is 20.2. The van der Waals surface area contributed by atoms with Gasteiger partial charge < -0.3 is 28.7 Å². The fourth-order valence-corrected chi connectivity index (χ4v) is 5.51. The third-order valence-corrected chi connectivity index (χ3v) is 7.47. The minimum atomic E-state index is -4.75. The largest absolute Gasteiger partial charge is 0.573 e. The Bertz CT molecular complexity index is 1230. The van der Waals surface area contributed by atoms with Crippen LogP contribution in [-0.4, -0.2) is 83.6 Å². The summed E-state index contributed by atoms with van der Waals surface area (Å²) in [6.07, 6.45) is -3.74. The highest BCUT2D eigenvalue weighted by Gasteiger charge is 2.55. The average Bonchev–Trinajstić information content (AvgIpc) is 3.52. The molecule has 3 aliphatic rings. The van der Waals surface area contributed by atoms with Gasteiger partial charge >= 0.3 is 12.4 Å². The van der Waals surface area contributed by atoms with Gasteiger partial charge in [0.1, 0.15) is 11.4 Å². The second-order valence-corrected chi connectivity index (χ2v) is 9.70. The van der Waals surface area contributed by atoms with Gasteiger partial charge in [0.05, 0.1) is 25.2 Å². The highest BCUT2D eigenvalue weighted by Crippen LogP contribution is 2.38. The summed E-state index contributed by atoms with van der Waals surface area (Å²) in [5.74, 6) is 0.0450. The second kappa shape index (κ2) is 9.43. The van der Waals surface area contributed by atoms with Crippen LogP contribution in [0.2, 0.25) is 0 Å². The normalized spacial score (nSPS) is 23.2. The number of rotatable bonds is 5. The Kier molecular flexibility index (Phi) is 6.42. The number of ether oxygens (including phenoxy) is 2. The van der Waals surface area contributed by atoms with E-state index in [-0.39, 0.29) is 42.1 Å². The van der Waals surface area contributed by atoms with Crippen LogP contribution in [0.1, 0.15) is 23.3 Å². The molecular weight excluding hydrogens is 497 g/mol. The van der Waals surface area contributed by atoms with Crippen molar-refractivity contribution < 1.29 is 36.8 Å². The number of aromatic amines is 1. The summed E-state index contributed by atoms with van der Waals surface area (Å²) in [4.78, 5) is 43.0. The van der Waals surface area contributed by atoms with Crippen LogP contribution in [0.3, 0.4) is 0 Å². The number of halogens is 3. The molecule has 4 heterocycles. The van der Waals surface area contributed by atoms with Crippen LogP contribution in [0.4, 0.5) is 18.0 Å². The number of methoxy groups -OCH3 is 1. The van der Waals surface area contributed by atoms with E-state index in [0.717, 1.165) is 5.56 Å². The van der Waals surface area contributed by atoms with Crippen molar-refractivity contribution in [2.75, 3.05) is 39.8 Å². The molecule has 0 aliphatic carbocycles. The van der Waals surface area contributed by atoms with E-state index in [1.807, 2.05) is 0 Å². The summed E-state index contributed by atoms with van der Waals surface area (Å²) in [5, 5.41) is 2.32. The zero-order chi connectivity index (χ0) is 26.4. The number of nitrogens with zero attached hydrogens (tertiary/aromatic N) is 3. The monoisotopic (exact) mass is 524 g/mol. The third-order valence-electron chi connectivity index (χ3n) is 7.47. The molecule has 0 bridgehead atoms. The van der Waals surface area contributed by atoms with Crippen LogP contribution in [-0.2, 0) is 28.9 Å². The summed E-state index contributed by atoms with van der Waals surface area (Å²) in [6.45, 7) is 2.23. The zero-order valence-electron chi connectivity index (χ0n) is 20.2. The first kappa shape index (κ1) is 25.2. The first-order valence-electron chi connectivity index (χ1n) is 12.0. The van der Waals surface area contributed by atoms with Crippen LogP contribution >= 0.6 is 0 Å². The first-order valence-corrected chi connectivity index (χ1v) is 12.0. The molecule has 1 aromatic heterocycles. The quantitative estimate of drug-likeness (QED) is 0.642. The number of amides is 3. The fraction of sp³-hybridized carbons (Fsp3) is 0.542. The van der Waals surface area contributed by atoms with E-state index < -0.39 is 12.0 Å². The molecule has 1 aromatic carbocycles. The van der Waals surface area contributed by atoms with Gasteiger partial charge in [0.15, 0.2) is 5.76 Å². The van der Waals surface area contributed by atoms with Crippen LogP contribution < -0.4 is 10.3 Å². The van der Waals surface area contributed by atoms with E-state index in [1.165, 1.54) is 24.3 Å².